The maximum Gasteiger partial charge on any atom is 0.322 e. The molecule has 0 unspecified atom stereocenters. The fourth-order valence-corrected chi connectivity index (χ4v) is 3.84. The smallest absolute Gasteiger partial charge is 0.322 e. The van der Waals surface area contributed by atoms with Crippen LogP contribution in [0, 0.1) is 12.8 Å². The van der Waals surface area contributed by atoms with Gasteiger partial charge in [0.25, 0.3) is 5.91 Å². The van der Waals surface area contributed by atoms with Crippen LogP contribution < -0.4 is 21.3 Å². The van der Waals surface area contributed by atoms with Crippen LogP contribution in [0.2, 0.25) is 0 Å². The number of carbonyl (C=O) groups excluding carboxylic acids is 3. The molecule has 0 aromatic heterocycles. The summed E-state index contributed by atoms with van der Waals surface area (Å²) >= 11 is 0. The van der Waals surface area contributed by atoms with Crippen LogP contribution in [0.1, 0.15) is 37.3 Å². The number of urea groups is 2. The molecular weight excluding hydrogens is 320 g/mol. The third-order valence-corrected chi connectivity index (χ3v) is 5.29. The highest BCUT2D eigenvalue weighted by atomic mass is 16.2. The summed E-state index contributed by atoms with van der Waals surface area (Å²) < 4.78 is 0. The van der Waals surface area contributed by atoms with Gasteiger partial charge in [-0.05, 0) is 49.4 Å². The molecule has 1 aromatic rings. The van der Waals surface area contributed by atoms with E-state index >= 15 is 0 Å². The Labute approximate surface area is 146 Å². The Morgan fingerprint density at radius 3 is 2.84 bits per heavy atom. The SMILES string of the molecule is CCc1cc(NC(=O)NC[C@@H]2CCC[C@@]23NC(=O)NC3=O)ccc1C. The van der Waals surface area contributed by atoms with Gasteiger partial charge in [-0.1, -0.05) is 19.4 Å². The summed E-state index contributed by atoms with van der Waals surface area (Å²) in [6.45, 7) is 4.46. The molecule has 2 fully saturated rings. The van der Waals surface area contributed by atoms with Gasteiger partial charge >= 0.3 is 12.1 Å². The molecule has 1 spiro atoms. The van der Waals surface area contributed by atoms with Gasteiger partial charge in [-0.2, -0.15) is 0 Å². The van der Waals surface area contributed by atoms with Crippen LogP contribution in [0.15, 0.2) is 18.2 Å². The summed E-state index contributed by atoms with van der Waals surface area (Å²) in [6.07, 6.45) is 3.15. The van der Waals surface area contributed by atoms with Crippen molar-refractivity contribution in [1.29, 1.82) is 0 Å². The molecule has 0 radical (unpaired) electrons. The summed E-state index contributed by atoms with van der Waals surface area (Å²) in [7, 11) is 0. The van der Waals surface area contributed by atoms with Crippen LogP contribution in [-0.4, -0.2) is 30.1 Å². The van der Waals surface area contributed by atoms with Crippen LogP contribution >= 0.6 is 0 Å². The van der Waals surface area contributed by atoms with E-state index in [1.165, 1.54) is 11.1 Å². The third kappa shape index (κ3) is 3.31. The fourth-order valence-electron chi connectivity index (χ4n) is 3.84. The standard InChI is InChI=1S/C18H24N4O3/c1-3-12-9-14(7-6-11(12)2)20-16(24)19-10-13-5-4-8-18(13)15(23)21-17(25)22-18/h6-7,9,13H,3-5,8,10H2,1-2H3,(H2,19,20,24)(H2,21,22,23,25)/t13-,18+/m0/s1. The Morgan fingerprint density at radius 1 is 1.36 bits per heavy atom. The average molecular weight is 344 g/mol. The summed E-state index contributed by atoms with van der Waals surface area (Å²) in [5.41, 5.74) is 2.26. The highest BCUT2D eigenvalue weighted by Crippen LogP contribution is 2.37. The zero-order valence-corrected chi connectivity index (χ0v) is 14.6. The van der Waals surface area contributed by atoms with Crippen LogP contribution in [0.4, 0.5) is 15.3 Å². The largest absolute Gasteiger partial charge is 0.337 e. The number of hydrogen-bond donors (Lipinski definition) is 4. The number of carbonyl (C=O) groups is 3. The highest BCUT2D eigenvalue weighted by molar-refractivity contribution is 6.07. The van der Waals surface area contributed by atoms with Crippen molar-refractivity contribution in [2.45, 2.75) is 45.1 Å². The van der Waals surface area contributed by atoms with Gasteiger partial charge in [0, 0.05) is 18.2 Å². The quantitative estimate of drug-likeness (QED) is 0.629. The summed E-state index contributed by atoms with van der Waals surface area (Å²) in [5.74, 6) is -0.387. The predicted octanol–water partition coefficient (Wildman–Crippen LogP) is 2.06. The lowest BCUT2D eigenvalue weighted by molar-refractivity contribution is -0.125. The molecule has 25 heavy (non-hydrogen) atoms. The van der Waals surface area contributed by atoms with Gasteiger partial charge in [-0.3, -0.25) is 10.1 Å². The lowest BCUT2D eigenvalue weighted by Crippen LogP contribution is -2.53. The number of imide groups is 1. The summed E-state index contributed by atoms with van der Waals surface area (Å²) in [5, 5.41) is 10.7. The van der Waals surface area contributed by atoms with Crippen molar-refractivity contribution in [2.24, 2.45) is 5.92 Å². The first-order valence-corrected chi connectivity index (χ1v) is 8.72. The predicted molar refractivity (Wildman–Crippen MR) is 94.3 cm³/mol. The molecule has 134 valence electrons. The molecular formula is C18H24N4O3. The lowest BCUT2D eigenvalue weighted by Gasteiger charge is -2.28. The van der Waals surface area contributed by atoms with E-state index in [0.29, 0.717) is 13.0 Å². The van der Waals surface area contributed by atoms with Crippen molar-refractivity contribution >= 4 is 23.7 Å². The van der Waals surface area contributed by atoms with Crippen LogP contribution in [0.5, 0.6) is 0 Å². The second-order valence-electron chi connectivity index (χ2n) is 6.80. The molecule has 3 rings (SSSR count). The molecule has 5 amide bonds. The lowest BCUT2D eigenvalue weighted by atomic mass is 9.87. The topological polar surface area (TPSA) is 99.3 Å². The molecule has 1 aliphatic carbocycles. The molecule has 4 N–H and O–H groups in total. The van der Waals surface area contributed by atoms with Gasteiger partial charge in [0.15, 0.2) is 0 Å². The third-order valence-electron chi connectivity index (χ3n) is 5.29. The van der Waals surface area contributed by atoms with Crippen molar-refractivity contribution in [1.82, 2.24) is 16.0 Å². The van der Waals surface area contributed by atoms with Crippen molar-refractivity contribution in [3.05, 3.63) is 29.3 Å². The van der Waals surface area contributed by atoms with E-state index in [1.807, 2.05) is 25.1 Å². The average Bonchev–Trinajstić information content (AvgIpc) is 3.10. The molecule has 1 aliphatic heterocycles. The van der Waals surface area contributed by atoms with Crippen LogP contribution in [0.25, 0.3) is 0 Å². The molecule has 7 nitrogen and oxygen atoms in total. The minimum Gasteiger partial charge on any atom is -0.337 e. The molecule has 1 aromatic carbocycles. The second kappa shape index (κ2) is 6.74. The minimum absolute atomic E-state index is 0.103. The Hall–Kier alpha value is -2.57. The maximum absolute atomic E-state index is 12.2. The number of amides is 5. The van der Waals surface area contributed by atoms with Gasteiger partial charge in [0.2, 0.25) is 0 Å². The number of anilines is 1. The zero-order chi connectivity index (χ0) is 18.0. The van der Waals surface area contributed by atoms with Gasteiger partial charge in [0.05, 0.1) is 0 Å². The Morgan fingerprint density at radius 2 is 2.16 bits per heavy atom. The van der Waals surface area contributed by atoms with Crippen molar-refractivity contribution in [2.75, 3.05) is 11.9 Å². The Kier molecular flexibility index (Phi) is 4.65. The monoisotopic (exact) mass is 344 g/mol. The first-order chi connectivity index (χ1) is 11.9. The normalized spacial score (nSPS) is 25.0. The van der Waals surface area contributed by atoms with E-state index in [4.69, 9.17) is 0 Å². The van der Waals surface area contributed by atoms with Crippen molar-refractivity contribution in [3.8, 4) is 0 Å². The second-order valence-corrected chi connectivity index (χ2v) is 6.80. The molecule has 1 saturated heterocycles. The van der Waals surface area contributed by atoms with Crippen molar-refractivity contribution in [3.63, 3.8) is 0 Å². The number of rotatable bonds is 4. The van der Waals surface area contributed by atoms with Crippen LogP contribution in [0.3, 0.4) is 0 Å². The van der Waals surface area contributed by atoms with Gasteiger partial charge in [0.1, 0.15) is 5.54 Å². The Bertz CT molecular complexity index is 718. The number of hydrogen-bond acceptors (Lipinski definition) is 3. The zero-order valence-electron chi connectivity index (χ0n) is 14.6. The fraction of sp³-hybridized carbons (Fsp3) is 0.500. The van der Waals surface area contributed by atoms with Gasteiger partial charge in [-0.15, -0.1) is 0 Å². The molecule has 1 heterocycles. The van der Waals surface area contributed by atoms with E-state index < -0.39 is 11.6 Å². The minimum atomic E-state index is -0.871. The molecule has 2 aliphatic rings. The van der Waals surface area contributed by atoms with E-state index in [2.05, 4.69) is 28.2 Å². The number of nitrogens with one attached hydrogen (secondary N) is 4. The summed E-state index contributed by atoms with van der Waals surface area (Å²) in [6, 6.07) is 5.07. The van der Waals surface area contributed by atoms with E-state index in [1.54, 1.807) is 0 Å². The van der Waals surface area contributed by atoms with Crippen LogP contribution in [-0.2, 0) is 11.2 Å². The van der Waals surface area contributed by atoms with Gasteiger partial charge in [-0.25, -0.2) is 9.59 Å². The van der Waals surface area contributed by atoms with E-state index in [9.17, 15) is 14.4 Å². The van der Waals surface area contributed by atoms with Gasteiger partial charge < -0.3 is 16.0 Å². The maximum atomic E-state index is 12.2. The molecule has 0 bridgehead atoms. The molecule has 7 heteroatoms. The number of aryl methyl sites for hydroxylation is 2. The highest BCUT2D eigenvalue weighted by Gasteiger charge is 2.54. The summed E-state index contributed by atoms with van der Waals surface area (Å²) in [4.78, 5) is 35.8. The number of benzene rings is 1. The first kappa shape index (κ1) is 17.3. The Balaban J connectivity index is 1.59. The van der Waals surface area contributed by atoms with E-state index in [0.717, 1.165) is 24.9 Å². The van der Waals surface area contributed by atoms with E-state index in [-0.39, 0.29) is 17.9 Å². The molecule has 2 atom stereocenters. The van der Waals surface area contributed by atoms with Crippen molar-refractivity contribution < 1.29 is 14.4 Å². The first-order valence-electron chi connectivity index (χ1n) is 8.72. The molecule has 1 saturated carbocycles.